The van der Waals surface area contributed by atoms with Crippen molar-refractivity contribution in [1.82, 2.24) is 0 Å². The molecule has 0 N–H and O–H groups in total. The van der Waals surface area contributed by atoms with Crippen molar-refractivity contribution in [3.8, 4) is 0 Å². The van der Waals surface area contributed by atoms with Gasteiger partial charge in [0.15, 0.2) is 0 Å². The van der Waals surface area contributed by atoms with Crippen molar-refractivity contribution >= 4 is 34.6 Å². The van der Waals surface area contributed by atoms with E-state index in [2.05, 4.69) is 5.16 Å². The summed E-state index contributed by atoms with van der Waals surface area (Å²) in [5.74, 6) is -2.47. The zero-order valence-electron chi connectivity index (χ0n) is 13.9. The Bertz CT molecular complexity index is 1080. The third-order valence-electron chi connectivity index (χ3n) is 4.46. The number of non-ortho nitro benzene ring substituents is 2. The molecule has 140 valence electrons. The standard InChI is InChI=1S/C17H10N4O7/c22-16-13-14(9-3-1-5-11(7-9)20(24)25)18-28-15(13)17(23)19(16)10-4-2-6-12(8-10)21(26)27/h1-8,13,15H/t13-,15-/m1/s1. The molecular formula is C17H10N4O7. The van der Waals surface area contributed by atoms with E-state index in [-0.39, 0.29) is 28.3 Å². The first-order chi connectivity index (χ1) is 13.4. The van der Waals surface area contributed by atoms with Crippen LogP contribution in [0.3, 0.4) is 0 Å². The van der Waals surface area contributed by atoms with Crippen LogP contribution in [0.2, 0.25) is 0 Å². The van der Waals surface area contributed by atoms with Crippen LogP contribution < -0.4 is 4.90 Å². The molecule has 2 aromatic carbocycles. The van der Waals surface area contributed by atoms with Gasteiger partial charge in [0.2, 0.25) is 12.0 Å². The predicted octanol–water partition coefficient (Wildman–Crippen LogP) is 1.80. The lowest BCUT2D eigenvalue weighted by Crippen LogP contribution is -2.33. The van der Waals surface area contributed by atoms with E-state index in [0.29, 0.717) is 0 Å². The second-order valence-corrected chi connectivity index (χ2v) is 6.08. The van der Waals surface area contributed by atoms with Gasteiger partial charge >= 0.3 is 0 Å². The van der Waals surface area contributed by atoms with E-state index in [1.165, 1.54) is 42.5 Å². The maximum Gasteiger partial charge on any atom is 0.278 e. The monoisotopic (exact) mass is 382 g/mol. The number of nitrogens with zero attached hydrogens (tertiary/aromatic N) is 4. The number of carbonyl (C=O) groups is 2. The minimum atomic E-state index is -1.22. The van der Waals surface area contributed by atoms with Crippen LogP contribution in [0, 0.1) is 26.1 Å². The SMILES string of the molecule is O=C1[C@@H]2C(c3cccc([N+](=O)[O-])c3)=NO[C@H]2C(=O)N1c1cccc([N+](=O)[O-])c1. The number of fused-ring (bicyclic) bond motifs is 1. The molecule has 2 atom stereocenters. The number of anilines is 1. The first kappa shape index (κ1) is 17.3. The second-order valence-electron chi connectivity index (χ2n) is 6.08. The fourth-order valence-electron chi connectivity index (χ4n) is 3.19. The van der Waals surface area contributed by atoms with Crippen molar-refractivity contribution in [2.45, 2.75) is 6.10 Å². The minimum Gasteiger partial charge on any atom is -0.381 e. The summed E-state index contributed by atoms with van der Waals surface area (Å²) in [6.07, 6.45) is -1.22. The van der Waals surface area contributed by atoms with Crippen LogP contribution in [-0.4, -0.2) is 33.5 Å². The summed E-state index contributed by atoms with van der Waals surface area (Å²) in [6.45, 7) is 0. The van der Waals surface area contributed by atoms with Gasteiger partial charge in [-0.15, -0.1) is 0 Å². The Kier molecular flexibility index (Phi) is 3.84. The highest BCUT2D eigenvalue weighted by molar-refractivity contribution is 6.32. The van der Waals surface area contributed by atoms with E-state index in [9.17, 15) is 29.8 Å². The van der Waals surface area contributed by atoms with Gasteiger partial charge in [-0.3, -0.25) is 29.8 Å². The van der Waals surface area contributed by atoms with E-state index < -0.39 is 33.7 Å². The molecule has 4 rings (SSSR count). The predicted molar refractivity (Wildman–Crippen MR) is 93.6 cm³/mol. The first-order valence-electron chi connectivity index (χ1n) is 7.99. The molecule has 0 unspecified atom stereocenters. The van der Waals surface area contributed by atoms with Gasteiger partial charge in [0, 0.05) is 29.8 Å². The smallest absolute Gasteiger partial charge is 0.278 e. The molecule has 0 saturated carbocycles. The minimum absolute atomic E-state index is 0.0422. The number of hydrogen-bond acceptors (Lipinski definition) is 8. The van der Waals surface area contributed by atoms with Crippen molar-refractivity contribution in [3.05, 3.63) is 74.3 Å². The van der Waals surface area contributed by atoms with Crippen LogP contribution in [0.1, 0.15) is 5.56 Å². The van der Waals surface area contributed by atoms with Gasteiger partial charge in [0.25, 0.3) is 17.3 Å². The lowest BCUT2D eigenvalue weighted by molar-refractivity contribution is -0.385. The zero-order chi connectivity index (χ0) is 20.0. The summed E-state index contributed by atoms with van der Waals surface area (Å²) in [5.41, 5.74) is -0.0519. The highest BCUT2D eigenvalue weighted by atomic mass is 16.7. The van der Waals surface area contributed by atoms with E-state index >= 15 is 0 Å². The highest BCUT2D eigenvalue weighted by Gasteiger charge is 2.56. The van der Waals surface area contributed by atoms with E-state index in [1.54, 1.807) is 0 Å². The molecule has 28 heavy (non-hydrogen) atoms. The molecule has 0 aromatic heterocycles. The number of amides is 2. The van der Waals surface area contributed by atoms with Crippen LogP contribution in [0.4, 0.5) is 17.1 Å². The van der Waals surface area contributed by atoms with Crippen molar-refractivity contribution in [2.75, 3.05) is 4.90 Å². The van der Waals surface area contributed by atoms with Crippen molar-refractivity contribution in [2.24, 2.45) is 11.1 Å². The molecule has 0 spiro atoms. The van der Waals surface area contributed by atoms with Crippen molar-refractivity contribution < 1.29 is 24.3 Å². The number of oxime groups is 1. The van der Waals surface area contributed by atoms with E-state index in [0.717, 1.165) is 11.0 Å². The number of benzene rings is 2. The molecule has 11 heteroatoms. The molecule has 2 aliphatic rings. The fraction of sp³-hybridized carbons (Fsp3) is 0.118. The van der Waals surface area contributed by atoms with Crippen molar-refractivity contribution in [3.63, 3.8) is 0 Å². The number of rotatable bonds is 4. The molecule has 0 aliphatic carbocycles. The first-order valence-corrected chi connectivity index (χ1v) is 7.99. The van der Waals surface area contributed by atoms with Crippen LogP contribution in [-0.2, 0) is 14.4 Å². The maximum absolute atomic E-state index is 12.9. The average Bonchev–Trinajstić information content (AvgIpc) is 3.22. The largest absolute Gasteiger partial charge is 0.381 e. The Morgan fingerprint density at radius 1 is 0.929 bits per heavy atom. The Hall–Kier alpha value is -4.15. The van der Waals surface area contributed by atoms with Gasteiger partial charge in [0.1, 0.15) is 11.6 Å². The lowest BCUT2D eigenvalue weighted by atomic mass is 9.94. The third-order valence-corrected chi connectivity index (χ3v) is 4.46. The van der Waals surface area contributed by atoms with E-state index in [1.807, 2.05) is 0 Å². The quantitative estimate of drug-likeness (QED) is 0.445. The molecular weight excluding hydrogens is 372 g/mol. The summed E-state index contributed by atoms with van der Waals surface area (Å²) < 4.78 is 0. The van der Waals surface area contributed by atoms with Crippen molar-refractivity contribution in [1.29, 1.82) is 0 Å². The van der Waals surface area contributed by atoms with Gasteiger partial charge in [-0.05, 0) is 6.07 Å². The van der Waals surface area contributed by atoms with Crippen LogP contribution in [0.25, 0.3) is 0 Å². The van der Waals surface area contributed by atoms with Gasteiger partial charge < -0.3 is 4.84 Å². The zero-order valence-corrected chi connectivity index (χ0v) is 13.9. The van der Waals surface area contributed by atoms with E-state index in [4.69, 9.17) is 4.84 Å². The number of hydrogen-bond donors (Lipinski definition) is 0. The molecule has 2 amide bonds. The average molecular weight is 382 g/mol. The molecule has 11 nitrogen and oxygen atoms in total. The highest BCUT2D eigenvalue weighted by Crippen LogP contribution is 2.36. The molecule has 0 radical (unpaired) electrons. The van der Waals surface area contributed by atoms with Gasteiger partial charge in [-0.25, -0.2) is 4.90 Å². The van der Waals surface area contributed by atoms with Crippen LogP contribution in [0.5, 0.6) is 0 Å². The normalized spacial score (nSPS) is 20.6. The Morgan fingerprint density at radius 3 is 2.25 bits per heavy atom. The molecule has 0 bridgehead atoms. The molecule has 2 heterocycles. The number of nitro groups is 2. The summed E-state index contributed by atoms with van der Waals surface area (Å²) in [7, 11) is 0. The third kappa shape index (κ3) is 2.57. The number of imide groups is 1. The summed E-state index contributed by atoms with van der Waals surface area (Å²) in [5, 5.41) is 25.7. The second kappa shape index (κ2) is 6.23. The van der Waals surface area contributed by atoms with Crippen LogP contribution >= 0.6 is 0 Å². The molecule has 2 aromatic rings. The van der Waals surface area contributed by atoms with Gasteiger partial charge in [0.05, 0.1) is 15.5 Å². The number of nitro benzene ring substituents is 2. The summed E-state index contributed by atoms with van der Waals surface area (Å²) in [4.78, 5) is 52.3. The summed E-state index contributed by atoms with van der Waals surface area (Å²) in [6, 6.07) is 10.6. The molecule has 1 fully saturated rings. The van der Waals surface area contributed by atoms with Gasteiger partial charge in [-0.1, -0.05) is 23.4 Å². The number of carbonyl (C=O) groups excluding carboxylic acids is 2. The molecule has 1 saturated heterocycles. The Morgan fingerprint density at radius 2 is 1.57 bits per heavy atom. The topological polar surface area (TPSA) is 145 Å². The fourth-order valence-corrected chi connectivity index (χ4v) is 3.19. The summed E-state index contributed by atoms with van der Waals surface area (Å²) >= 11 is 0. The Balaban J connectivity index is 1.70. The molecule has 2 aliphatic heterocycles. The maximum atomic E-state index is 12.9. The van der Waals surface area contributed by atoms with Crippen LogP contribution in [0.15, 0.2) is 53.7 Å². The van der Waals surface area contributed by atoms with Gasteiger partial charge in [-0.2, -0.15) is 0 Å². The lowest BCUT2D eigenvalue weighted by Gasteiger charge is -2.15. The Labute approximate surface area is 156 Å².